The third-order valence-electron chi connectivity index (χ3n) is 6.25. The molecule has 0 aliphatic carbocycles. The fraction of sp³-hybridized carbons (Fsp3) is 0.579. The van der Waals surface area contributed by atoms with E-state index in [1.807, 2.05) is 0 Å². The van der Waals surface area contributed by atoms with E-state index >= 15 is 0 Å². The molecule has 2 aromatic heterocycles. The van der Waals surface area contributed by atoms with Gasteiger partial charge in [-0.15, -0.1) is 0 Å². The lowest BCUT2D eigenvalue weighted by molar-refractivity contribution is 0.122. The molecule has 3 N–H and O–H groups in total. The molecule has 2 fully saturated rings. The fourth-order valence-corrected chi connectivity index (χ4v) is 5.51. The Bertz CT molecular complexity index is 1090. The summed E-state index contributed by atoms with van der Waals surface area (Å²) < 4.78 is 33.9. The van der Waals surface area contributed by atoms with Crippen LogP contribution in [0.3, 0.4) is 0 Å². The zero-order valence-corrected chi connectivity index (χ0v) is 18.8. The maximum atomic E-state index is 12.3. The molecule has 3 aliphatic heterocycles. The Morgan fingerprint density at radius 3 is 2.59 bits per heavy atom. The summed E-state index contributed by atoms with van der Waals surface area (Å²) in [5, 5.41) is 0. The van der Waals surface area contributed by atoms with Crippen LogP contribution in [0.1, 0.15) is 12.0 Å². The van der Waals surface area contributed by atoms with Gasteiger partial charge < -0.3 is 20.3 Å². The van der Waals surface area contributed by atoms with E-state index in [2.05, 4.69) is 24.5 Å². The van der Waals surface area contributed by atoms with Crippen molar-refractivity contribution >= 4 is 27.9 Å². The van der Waals surface area contributed by atoms with Crippen molar-refractivity contribution in [2.75, 3.05) is 68.5 Å². The maximum Gasteiger partial charge on any atom is 0.279 e. The molecular weight excluding hydrogens is 434 g/mol. The second-order valence-electron chi connectivity index (χ2n) is 8.06. The molecular formula is C19H27N9O3S. The molecule has 2 saturated heterocycles. The lowest BCUT2D eigenvalue weighted by Crippen LogP contribution is -2.41. The van der Waals surface area contributed by atoms with E-state index in [-0.39, 0.29) is 12.0 Å². The normalized spacial score (nSPS) is 21.8. The zero-order valence-electron chi connectivity index (χ0n) is 17.9. The third-order valence-corrected chi connectivity index (χ3v) is 7.78. The summed E-state index contributed by atoms with van der Waals surface area (Å²) in [5.74, 6) is 1.72. The van der Waals surface area contributed by atoms with Crippen LogP contribution in [0.25, 0.3) is 11.3 Å². The van der Waals surface area contributed by atoms with E-state index in [1.165, 1.54) is 11.4 Å². The summed E-state index contributed by atoms with van der Waals surface area (Å²) in [6, 6.07) is 0.0577. The summed E-state index contributed by atoms with van der Waals surface area (Å²) in [4.78, 5) is 22.5. The fourth-order valence-electron chi connectivity index (χ4n) is 4.54. The molecule has 3 aliphatic rings. The highest BCUT2D eigenvalue weighted by Crippen LogP contribution is 2.37. The lowest BCUT2D eigenvalue weighted by atomic mass is 10.1. The minimum Gasteiger partial charge on any atom is -0.378 e. The van der Waals surface area contributed by atoms with Crippen LogP contribution in [0.2, 0.25) is 0 Å². The zero-order chi connectivity index (χ0) is 22.3. The molecule has 0 amide bonds. The highest BCUT2D eigenvalue weighted by molar-refractivity contribution is 7.87. The molecule has 0 bridgehead atoms. The summed E-state index contributed by atoms with van der Waals surface area (Å²) in [6.07, 6.45) is 4.90. The van der Waals surface area contributed by atoms with Crippen LogP contribution < -0.4 is 20.3 Å². The Morgan fingerprint density at radius 1 is 1.12 bits per heavy atom. The Balaban J connectivity index is 1.52. The number of morpholine rings is 1. The number of nitrogens with zero attached hydrogens (tertiary/aromatic N) is 7. The lowest BCUT2D eigenvalue weighted by Gasteiger charge is -2.30. The van der Waals surface area contributed by atoms with Gasteiger partial charge in [-0.25, -0.2) is 19.7 Å². The van der Waals surface area contributed by atoms with Gasteiger partial charge in [0.25, 0.3) is 10.2 Å². The first-order valence-electron chi connectivity index (χ1n) is 10.7. The van der Waals surface area contributed by atoms with E-state index in [1.54, 1.807) is 12.4 Å². The van der Waals surface area contributed by atoms with Gasteiger partial charge in [-0.1, -0.05) is 0 Å². The quantitative estimate of drug-likeness (QED) is 0.584. The van der Waals surface area contributed by atoms with E-state index in [4.69, 9.17) is 20.4 Å². The number of aromatic nitrogens is 4. The number of nitrogens with one attached hydrogen (secondary N) is 1. The van der Waals surface area contributed by atoms with Gasteiger partial charge in [-0.2, -0.15) is 17.7 Å². The SMILES string of the molecule is CNS(=O)(=O)N1CC[C@@H](N2CCc3c(-c4cnc(N)nc4)nc(N4CCOCC4)nc32)C1. The predicted molar refractivity (Wildman–Crippen MR) is 120 cm³/mol. The van der Waals surface area contributed by atoms with Gasteiger partial charge >= 0.3 is 0 Å². The predicted octanol–water partition coefficient (Wildman–Crippen LogP) is -0.747. The van der Waals surface area contributed by atoms with Crippen LogP contribution in [-0.2, 0) is 21.4 Å². The number of rotatable bonds is 5. The van der Waals surface area contributed by atoms with Gasteiger partial charge in [0.2, 0.25) is 11.9 Å². The molecule has 0 aromatic carbocycles. The van der Waals surface area contributed by atoms with E-state index in [0.717, 1.165) is 42.0 Å². The van der Waals surface area contributed by atoms with Crippen LogP contribution in [0.5, 0.6) is 0 Å². The number of hydrogen-bond donors (Lipinski definition) is 2. The van der Waals surface area contributed by atoms with Crippen LogP contribution in [-0.4, -0.2) is 91.7 Å². The smallest absolute Gasteiger partial charge is 0.279 e. The minimum atomic E-state index is -3.44. The number of nitrogen functional groups attached to an aromatic ring is 1. The monoisotopic (exact) mass is 461 g/mol. The van der Waals surface area contributed by atoms with Crippen molar-refractivity contribution in [1.82, 2.24) is 29.0 Å². The first-order valence-corrected chi connectivity index (χ1v) is 12.2. The highest BCUT2D eigenvalue weighted by atomic mass is 32.2. The number of anilines is 3. The third kappa shape index (κ3) is 3.85. The van der Waals surface area contributed by atoms with Crippen molar-refractivity contribution in [1.29, 1.82) is 0 Å². The number of hydrogen-bond acceptors (Lipinski definition) is 10. The number of fused-ring (bicyclic) bond motifs is 1. The average molecular weight is 462 g/mol. The molecule has 5 rings (SSSR count). The van der Waals surface area contributed by atoms with Gasteiger partial charge in [-0.05, 0) is 12.8 Å². The first-order chi connectivity index (χ1) is 15.5. The van der Waals surface area contributed by atoms with Crippen molar-refractivity contribution in [2.45, 2.75) is 18.9 Å². The molecule has 2 aromatic rings. The molecule has 13 heteroatoms. The molecule has 32 heavy (non-hydrogen) atoms. The molecule has 0 spiro atoms. The van der Waals surface area contributed by atoms with Gasteiger partial charge in [0, 0.05) is 69.3 Å². The summed E-state index contributed by atoms with van der Waals surface area (Å²) >= 11 is 0. The number of ether oxygens (including phenoxy) is 1. The van der Waals surface area contributed by atoms with Crippen molar-refractivity contribution in [2.24, 2.45) is 0 Å². The molecule has 0 radical (unpaired) electrons. The summed E-state index contributed by atoms with van der Waals surface area (Å²) in [7, 11) is -2.00. The highest BCUT2D eigenvalue weighted by Gasteiger charge is 2.38. The molecule has 0 saturated carbocycles. The van der Waals surface area contributed by atoms with Gasteiger partial charge in [-0.3, -0.25) is 0 Å². The van der Waals surface area contributed by atoms with Crippen molar-refractivity contribution in [3.63, 3.8) is 0 Å². The van der Waals surface area contributed by atoms with Crippen molar-refractivity contribution < 1.29 is 13.2 Å². The summed E-state index contributed by atoms with van der Waals surface area (Å²) in [5.41, 5.74) is 8.31. The second kappa shape index (κ2) is 8.39. The van der Waals surface area contributed by atoms with E-state index in [0.29, 0.717) is 45.3 Å². The minimum absolute atomic E-state index is 0.0577. The Morgan fingerprint density at radius 2 is 1.88 bits per heavy atom. The van der Waals surface area contributed by atoms with Crippen LogP contribution >= 0.6 is 0 Å². The second-order valence-corrected chi connectivity index (χ2v) is 9.93. The van der Waals surface area contributed by atoms with Crippen molar-refractivity contribution in [3.8, 4) is 11.3 Å². The molecule has 0 unspecified atom stereocenters. The molecule has 1 atom stereocenters. The Hall–Kier alpha value is -2.61. The number of nitrogens with two attached hydrogens (primary N) is 1. The molecule has 12 nitrogen and oxygen atoms in total. The summed E-state index contributed by atoms with van der Waals surface area (Å²) in [6.45, 7) is 4.37. The maximum absolute atomic E-state index is 12.3. The average Bonchev–Trinajstić information content (AvgIpc) is 3.47. The van der Waals surface area contributed by atoms with Crippen LogP contribution in [0, 0.1) is 0 Å². The van der Waals surface area contributed by atoms with Crippen LogP contribution in [0.4, 0.5) is 17.7 Å². The standard InChI is InChI=1S/C19H27N9O3S/c1-21-32(29,30)27-4-2-14(12-27)28-5-3-15-16(13-10-22-18(20)23-11-13)24-19(25-17(15)28)26-6-8-31-9-7-26/h10-11,14,21H,2-9,12H2,1H3,(H2,20,22,23)/t14-/m1/s1. The molecule has 5 heterocycles. The van der Waals surface area contributed by atoms with Crippen molar-refractivity contribution in [3.05, 3.63) is 18.0 Å². The van der Waals surface area contributed by atoms with Gasteiger partial charge in [0.1, 0.15) is 5.82 Å². The van der Waals surface area contributed by atoms with Gasteiger partial charge in [0.15, 0.2) is 0 Å². The van der Waals surface area contributed by atoms with Crippen LogP contribution in [0.15, 0.2) is 12.4 Å². The topological polar surface area (TPSA) is 143 Å². The first kappa shape index (κ1) is 21.2. The Kier molecular flexibility index (Phi) is 5.57. The largest absolute Gasteiger partial charge is 0.378 e. The molecule has 172 valence electrons. The Labute approximate surface area is 187 Å². The van der Waals surface area contributed by atoms with E-state index < -0.39 is 10.2 Å². The van der Waals surface area contributed by atoms with E-state index in [9.17, 15) is 8.42 Å². The van der Waals surface area contributed by atoms with Gasteiger partial charge in [0.05, 0.1) is 18.9 Å².